The number of pyridine rings is 1. The largest absolute Gasteiger partial charge is 0.258 e. The van der Waals surface area contributed by atoms with Crippen LogP contribution in [-0.2, 0) is 11.8 Å². The van der Waals surface area contributed by atoms with Gasteiger partial charge in [0.15, 0.2) is 0 Å². The monoisotopic (exact) mass is 219 g/mol. The van der Waals surface area contributed by atoms with Crippen molar-refractivity contribution in [1.29, 1.82) is 0 Å². The summed E-state index contributed by atoms with van der Waals surface area (Å²) < 4.78 is 0. The van der Waals surface area contributed by atoms with Crippen LogP contribution in [0.4, 0.5) is 0 Å². The summed E-state index contributed by atoms with van der Waals surface area (Å²) in [5.41, 5.74) is 4.23. The molecule has 0 saturated heterocycles. The minimum Gasteiger partial charge on any atom is -0.258 e. The lowest BCUT2D eigenvalue weighted by molar-refractivity contribution is 0.405. The van der Waals surface area contributed by atoms with Crippen LogP contribution in [0, 0.1) is 12.3 Å². The maximum atomic E-state index is 4.72. The van der Waals surface area contributed by atoms with Crippen LogP contribution in [0.15, 0.2) is 12.1 Å². The second-order valence-electron chi connectivity index (χ2n) is 6.92. The summed E-state index contributed by atoms with van der Waals surface area (Å²) in [6.07, 6.45) is 1.04. The number of nitrogens with zero attached hydrogens (tertiary/aromatic N) is 1. The molecule has 1 rings (SSSR count). The fraction of sp³-hybridized carbons (Fsp3) is 0.667. The molecular formula is C15H25N. The van der Waals surface area contributed by atoms with Gasteiger partial charge in [0.05, 0.1) is 0 Å². The van der Waals surface area contributed by atoms with E-state index in [-0.39, 0.29) is 5.41 Å². The van der Waals surface area contributed by atoms with Crippen molar-refractivity contribution < 1.29 is 0 Å². The van der Waals surface area contributed by atoms with E-state index in [4.69, 9.17) is 4.98 Å². The molecule has 1 heteroatoms. The summed E-state index contributed by atoms with van der Waals surface area (Å²) in [4.78, 5) is 4.72. The Hall–Kier alpha value is -0.850. The van der Waals surface area contributed by atoms with Gasteiger partial charge >= 0.3 is 0 Å². The Morgan fingerprint density at radius 1 is 1.00 bits per heavy atom. The summed E-state index contributed by atoms with van der Waals surface area (Å²) in [5.74, 6) is 0. The van der Waals surface area contributed by atoms with Crippen molar-refractivity contribution in [2.24, 2.45) is 5.41 Å². The molecule has 0 aliphatic rings. The van der Waals surface area contributed by atoms with Gasteiger partial charge in [-0.1, -0.05) is 47.6 Å². The van der Waals surface area contributed by atoms with Crippen molar-refractivity contribution in [2.45, 2.75) is 60.3 Å². The Morgan fingerprint density at radius 3 is 1.94 bits per heavy atom. The molecule has 0 radical (unpaired) electrons. The van der Waals surface area contributed by atoms with Gasteiger partial charge in [-0.3, -0.25) is 4.98 Å². The molecular weight excluding hydrogens is 194 g/mol. The van der Waals surface area contributed by atoms with Crippen LogP contribution in [0.5, 0.6) is 0 Å². The molecule has 0 spiro atoms. The first kappa shape index (κ1) is 13.2. The van der Waals surface area contributed by atoms with E-state index in [0.717, 1.165) is 6.42 Å². The lowest BCUT2D eigenvalue weighted by atomic mass is 9.85. The highest BCUT2D eigenvalue weighted by Gasteiger charge is 2.18. The summed E-state index contributed by atoms with van der Waals surface area (Å²) >= 11 is 0. The molecule has 90 valence electrons. The minimum absolute atomic E-state index is 0.192. The quantitative estimate of drug-likeness (QED) is 0.687. The highest BCUT2D eigenvalue weighted by molar-refractivity contribution is 5.28. The zero-order valence-electron chi connectivity index (χ0n) is 11.8. The van der Waals surface area contributed by atoms with Crippen LogP contribution < -0.4 is 0 Å². The second kappa shape index (κ2) is 4.20. The fourth-order valence-corrected chi connectivity index (χ4v) is 2.05. The van der Waals surface area contributed by atoms with Crippen molar-refractivity contribution in [1.82, 2.24) is 4.98 Å². The summed E-state index contributed by atoms with van der Waals surface area (Å²) in [6.45, 7) is 15.6. The molecule has 0 aliphatic heterocycles. The topological polar surface area (TPSA) is 12.9 Å². The van der Waals surface area contributed by atoms with E-state index in [1.807, 2.05) is 0 Å². The predicted octanol–water partition coefficient (Wildman–Crippen LogP) is 4.28. The molecule has 0 atom stereocenters. The van der Waals surface area contributed by atoms with Gasteiger partial charge < -0.3 is 0 Å². The Morgan fingerprint density at radius 2 is 1.56 bits per heavy atom. The molecule has 0 aromatic carbocycles. The first-order valence-electron chi connectivity index (χ1n) is 6.07. The molecule has 16 heavy (non-hydrogen) atoms. The van der Waals surface area contributed by atoms with Crippen LogP contribution in [-0.4, -0.2) is 4.98 Å². The maximum Gasteiger partial charge on any atom is 0.0413 e. The van der Waals surface area contributed by atoms with E-state index in [1.54, 1.807) is 0 Å². The molecule has 1 heterocycles. The van der Waals surface area contributed by atoms with E-state index in [9.17, 15) is 0 Å². The number of hydrogen-bond acceptors (Lipinski definition) is 1. The number of aryl methyl sites for hydroxylation is 1. The molecule has 1 nitrogen and oxygen atoms in total. The van der Waals surface area contributed by atoms with E-state index >= 15 is 0 Å². The molecule has 1 aromatic heterocycles. The third kappa shape index (κ3) is 3.62. The molecule has 0 aliphatic carbocycles. The van der Waals surface area contributed by atoms with Gasteiger partial charge in [-0.25, -0.2) is 0 Å². The van der Waals surface area contributed by atoms with E-state index in [2.05, 4.69) is 60.6 Å². The Bertz CT molecular complexity index is 364. The Labute approximate surface area is 100 Å². The highest BCUT2D eigenvalue weighted by Crippen LogP contribution is 2.26. The van der Waals surface area contributed by atoms with Crippen LogP contribution in [0.2, 0.25) is 0 Å². The van der Waals surface area contributed by atoms with Gasteiger partial charge in [0.1, 0.15) is 0 Å². The van der Waals surface area contributed by atoms with Gasteiger partial charge in [0.25, 0.3) is 0 Å². The average Bonchev–Trinajstić information content (AvgIpc) is 1.97. The van der Waals surface area contributed by atoms with E-state index < -0.39 is 0 Å². The average molecular weight is 219 g/mol. The second-order valence-corrected chi connectivity index (χ2v) is 6.92. The van der Waals surface area contributed by atoms with Crippen LogP contribution in [0.3, 0.4) is 0 Å². The first-order chi connectivity index (χ1) is 7.09. The van der Waals surface area contributed by atoms with E-state index in [1.165, 1.54) is 17.0 Å². The molecule has 0 bridgehead atoms. The highest BCUT2D eigenvalue weighted by atomic mass is 14.7. The van der Waals surface area contributed by atoms with Crippen molar-refractivity contribution in [3.05, 3.63) is 29.1 Å². The third-order valence-electron chi connectivity index (χ3n) is 2.66. The van der Waals surface area contributed by atoms with Gasteiger partial charge in [-0.05, 0) is 35.8 Å². The fourth-order valence-electron chi connectivity index (χ4n) is 2.05. The molecule has 0 unspecified atom stereocenters. The predicted molar refractivity (Wildman–Crippen MR) is 70.8 cm³/mol. The van der Waals surface area contributed by atoms with Crippen LogP contribution in [0.1, 0.15) is 58.5 Å². The normalized spacial score (nSPS) is 12.9. The van der Waals surface area contributed by atoms with Crippen LogP contribution in [0.25, 0.3) is 0 Å². The van der Waals surface area contributed by atoms with Crippen LogP contribution >= 0.6 is 0 Å². The molecule has 0 saturated carbocycles. The number of rotatable bonds is 1. The zero-order chi connectivity index (χ0) is 12.6. The van der Waals surface area contributed by atoms with Crippen molar-refractivity contribution >= 4 is 0 Å². The summed E-state index contributed by atoms with van der Waals surface area (Å²) in [5, 5.41) is 0. The zero-order valence-corrected chi connectivity index (χ0v) is 11.8. The van der Waals surface area contributed by atoms with Gasteiger partial charge in [-0.2, -0.15) is 0 Å². The van der Waals surface area contributed by atoms with Gasteiger partial charge in [-0.15, -0.1) is 0 Å². The molecule has 0 N–H and O–H groups in total. The Kier molecular flexibility index (Phi) is 3.47. The smallest absolute Gasteiger partial charge is 0.0413 e. The lowest BCUT2D eigenvalue weighted by Gasteiger charge is -2.23. The maximum absolute atomic E-state index is 4.72. The standard InChI is InChI=1S/C15H25N/c1-11-13(15(5,6)7)9-8-12(16-11)10-14(2,3)4/h8-9H,10H2,1-7H3. The summed E-state index contributed by atoms with van der Waals surface area (Å²) in [7, 11) is 0. The van der Waals surface area contributed by atoms with Gasteiger partial charge in [0, 0.05) is 11.4 Å². The van der Waals surface area contributed by atoms with Crippen molar-refractivity contribution in [2.75, 3.05) is 0 Å². The SMILES string of the molecule is Cc1nc(CC(C)(C)C)ccc1C(C)(C)C. The molecule has 0 amide bonds. The lowest BCUT2D eigenvalue weighted by Crippen LogP contribution is -2.16. The van der Waals surface area contributed by atoms with E-state index in [0.29, 0.717) is 5.41 Å². The molecule has 0 fully saturated rings. The Balaban J connectivity index is 3.01. The molecule has 1 aromatic rings. The van der Waals surface area contributed by atoms with Gasteiger partial charge in [0.2, 0.25) is 0 Å². The first-order valence-corrected chi connectivity index (χ1v) is 6.07. The minimum atomic E-state index is 0.192. The van der Waals surface area contributed by atoms with Crippen molar-refractivity contribution in [3.8, 4) is 0 Å². The van der Waals surface area contributed by atoms with Crippen molar-refractivity contribution in [3.63, 3.8) is 0 Å². The number of aromatic nitrogens is 1. The summed E-state index contributed by atoms with van der Waals surface area (Å²) in [6, 6.07) is 4.42. The number of hydrogen-bond donors (Lipinski definition) is 0. The third-order valence-corrected chi connectivity index (χ3v) is 2.66.